The number of rotatable bonds is 6. The largest absolute Gasteiger partial charge is 0.462 e. The number of cyclic esters (lactones) is 1. The van der Waals surface area contributed by atoms with Crippen LogP contribution in [-0.4, -0.2) is 92.9 Å². The summed E-state index contributed by atoms with van der Waals surface area (Å²) in [4.78, 5) is 26.8. The summed E-state index contributed by atoms with van der Waals surface area (Å²) in [6.45, 7) is 10.3. The summed E-state index contributed by atoms with van der Waals surface area (Å²) in [5.74, 6) is 0.948. The lowest BCUT2D eigenvalue weighted by atomic mass is 9.44. The number of carbonyl (C=O) groups excluding carboxylic acids is 2. The lowest BCUT2D eigenvalue weighted by molar-refractivity contribution is -0.315. The standard InChI is InChI=1S/C35H56O10/c1-6-18-11-26(44-32(42)16(18)2)17(3)28-25(38)14-22-20-13-24(37)23-12-19(7-9-34(23,4)21(20)8-10-35(22,28)5)43-33-31(41)30(40)29(39)27(15-36)45-33/h16-23,25-31,33,36,38-41H,6-15H2,1-5H3/t16-,17+,18-,19-,20+,21+,22+,23-,25-,26-,27-,28+,29+,30-,31-,33-,34+,35-/m0/s1. The van der Waals surface area contributed by atoms with Gasteiger partial charge in [-0.05, 0) is 91.3 Å². The lowest BCUT2D eigenvalue weighted by Crippen LogP contribution is -2.61. The average molecular weight is 637 g/mol. The zero-order valence-corrected chi connectivity index (χ0v) is 27.6. The minimum atomic E-state index is -1.50. The second-order valence-electron chi connectivity index (χ2n) is 16.2. The maximum Gasteiger partial charge on any atom is 0.309 e. The second kappa shape index (κ2) is 12.4. The molecular weight excluding hydrogens is 580 g/mol. The van der Waals surface area contributed by atoms with E-state index in [2.05, 4.69) is 27.7 Å². The van der Waals surface area contributed by atoms with Crippen molar-refractivity contribution in [2.45, 2.75) is 141 Å². The van der Waals surface area contributed by atoms with Crippen molar-refractivity contribution in [1.29, 1.82) is 0 Å². The number of aliphatic hydroxyl groups is 5. The van der Waals surface area contributed by atoms with Crippen molar-refractivity contribution >= 4 is 11.8 Å². The fourth-order valence-electron chi connectivity index (χ4n) is 11.6. The van der Waals surface area contributed by atoms with Gasteiger partial charge in [-0.25, -0.2) is 0 Å². The van der Waals surface area contributed by atoms with Crippen molar-refractivity contribution in [2.75, 3.05) is 6.61 Å². The van der Waals surface area contributed by atoms with Crippen LogP contribution in [0.25, 0.3) is 0 Å². The fourth-order valence-corrected chi connectivity index (χ4v) is 11.6. The molecule has 256 valence electrons. The predicted molar refractivity (Wildman–Crippen MR) is 162 cm³/mol. The summed E-state index contributed by atoms with van der Waals surface area (Å²) in [7, 11) is 0. The van der Waals surface area contributed by atoms with Gasteiger partial charge in [0.25, 0.3) is 0 Å². The van der Waals surface area contributed by atoms with Gasteiger partial charge in [-0.15, -0.1) is 0 Å². The molecule has 0 spiro atoms. The summed E-state index contributed by atoms with van der Waals surface area (Å²) >= 11 is 0. The van der Waals surface area contributed by atoms with Crippen LogP contribution in [0.1, 0.15) is 92.4 Å². The Labute approximate surface area is 267 Å². The highest BCUT2D eigenvalue weighted by atomic mass is 16.7. The van der Waals surface area contributed by atoms with E-state index in [-0.39, 0.29) is 70.3 Å². The van der Waals surface area contributed by atoms with Crippen molar-refractivity contribution in [3.05, 3.63) is 0 Å². The molecule has 4 aliphatic carbocycles. The molecule has 0 aromatic rings. The maximum atomic E-state index is 14.0. The van der Waals surface area contributed by atoms with Gasteiger partial charge in [0.15, 0.2) is 6.29 Å². The summed E-state index contributed by atoms with van der Waals surface area (Å²) in [6.07, 6.45) is -0.820. The molecule has 0 aromatic carbocycles. The smallest absolute Gasteiger partial charge is 0.309 e. The van der Waals surface area contributed by atoms with Gasteiger partial charge in [-0.3, -0.25) is 9.59 Å². The van der Waals surface area contributed by atoms with E-state index in [0.717, 1.165) is 32.1 Å². The van der Waals surface area contributed by atoms with Crippen molar-refractivity contribution in [3.63, 3.8) is 0 Å². The maximum absolute atomic E-state index is 14.0. The van der Waals surface area contributed by atoms with E-state index in [1.54, 1.807) is 0 Å². The zero-order valence-electron chi connectivity index (χ0n) is 27.6. The molecule has 0 bridgehead atoms. The van der Waals surface area contributed by atoms with Crippen LogP contribution < -0.4 is 0 Å². The Hall–Kier alpha value is -1.14. The summed E-state index contributed by atoms with van der Waals surface area (Å²) in [6, 6.07) is 0. The first-order valence-electron chi connectivity index (χ1n) is 17.6. The molecule has 0 unspecified atom stereocenters. The highest BCUT2D eigenvalue weighted by Crippen LogP contribution is 2.68. The van der Waals surface area contributed by atoms with Gasteiger partial charge in [-0.2, -0.15) is 0 Å². The molecule has 4 saturated carbocycles. The van der Waals surface area contributed by atoms with Crippen LogP contribution >= 0.6 is 0 Å². The topological polar surface area (TPSA) is 163 Å². The summed E-state index contributed by atoms with van der Waals surface area (Å²) < 4.78 is 17.7. The van der Waals surface area contributed by atoms with Crippen LogP contribution in [-0.2, 0) is 23.8 Å². The van der Waals surface area contributed by atoms with Crippen LogP contribution in [0.15, 0.2) is 0 Å². The number of carbonyl (C=O) groups is 2. The molecule has 0 amide bonds. The monoisotopic (exact) mass is 636 g/mol. The van der Waals surface area contributed by atoms with Crippen LogP contribution in [0.4, 0.5) is 0 Å². The molecular formula is C35H56O10. The fraction of sp³-hybridized carbons (Fsp3) is 0.943. The highest BCUT2D eigenvalue weighted by molar-refractivity contribution is 5.83. The molecule has 2 heterocycles. The molecule has 6 aliphatic rings. The third kappa shape index (κ3) is 5.42. The molecule has 0 radical (unpaired) electrons. The minimum Gasteiger partial charge on any atom is -0.462 e. The first kappa shape index (κ1) is 33.7. The SMILES string of the molecule is CC[C@H]1C[C@@H]([C@@H](C)[C@@H]2[C@@H](O)C[C@@H]3[C@@H]4CC(=O)[C@@H]5C[C@@H](O[C@H]6O[C@@H](CO)[C@@H](O)[C@H](O)[C@@H]6O)CC[C@]5(C)[C@@H]4CC[C@]23C)OC(=O)[C@H]1C. The Balaban J connectivity index is 1.16. The molecule has 6 rings (SSSR count). The van der Waals surface area contributed by atoms with Crippen molar-refractivity contribution < 1.29 is 49.3 Å². The van der Waals surface area contributed by atoms with Crippen LogP contribution in [0.5, 0.6) is 0 Å². The van der Waals surface area contributed by atoms with E-state index in [0.29, 0.717) is 37.5 Å². The number of fused-ring (bicyclic) bond motifs is 5. The Morgan fingerprint density at radius 2 is 1.67 bits per heavy atom. The minimum absolute atomic E-state index is 0.00969. The predicted octanol–water partition coefficient (Wildman–Crippen LogP) is 2.59. The molecule has 5 N–H and O–H groups in total. The molecule has 10 heteroatoms. The molecule has 6 fully saturated rings. The number of aliphatic hydroxyl groups excluding tert-OH is 5. The highest BCUT2D eigenvalue weighted by Gasteiger charge is 2.65. The number of hydrogen-bond acceptors (Lipinski definition) is 10. The Morgan fingerprint density at radius 1 is 0.956 bits per heavy atom. The molecule has 45 heavy (non-hydrogen) atoms. The van der Waals surface area contributed by atoms with Gasteiger partial charge in [0.1, 0.15) is 36.3 Å². The normalized spacial score (nSPS) is 54.0. The third-order valence-corrected chi connectivity index (χ3v) is 14.3. The zero-order chi connectivity index (χ0) is 32.6. The van der Waals surface area contributed by atoms with E-state index in [4.69, 9.17) is 14.2 Å². The van der Waals surface area contributed by atoms with Crippen molar-refractivity contribution in [1.82, 2.24) is 0 Å². The Morgan fingerprint density at radius 3 is 2.36 bits per heavy atom. The number of esters is 1. The second-order valence-corrected chi connectivity index (χ2v) is 16.2. The van der Waals surface area contributed by atoms with Gasteiger partial charge in [0.2, 0.25) is 0 Å². The van der Waals surface area contributed by atoms with Crippen LogP contribution in [0, 0.1) is 58.2 Å². The quantitative estimate of drug-likeness (QED) is 0.216. The summed E-state index contributed by atoms with van der Waals surface area (Å²) in [5, 5.41) is 52.1. The molecule has 0 aromatic heterocycles. The summed E-state index contributed by atoms with van der Waals surface area (Å²) in [5.41, 5.74) is -0.335. The number of hydrogen-bond donors (Lipinski definition) is 5. The van der Waals surface area contributed by atoms with Gasteiger partial charge in [0.05, 0.1) is 24.7 Å². The van der Waals surface area contributed by atoms with Gasteiger partial charge < -0.3 is 39.7 Å². The Bertz CT molecular complexity index is 1110. The lowest BCUT2D eigenvalue weighted by Gasteiger charge is -2.60. The molecule has 10 nitrogen and oxygen atoms in total. The van der Waals surface area contributed by atoms with Gasteiger partial charge >= 0.3 is 5.97 Å². The molecule has 2 aliphatic heterocycles. The van der Waals surface area contributed by atoms with E-state index < -0.39 is 43.4 Å². The van der Waals surface area contributed by atoms with E-state index in [1.807, 2.05) is 6.92 Å². The van der Waals surface area contributed by atoms with Gasteiger partial charge in [-0.1, -0.05) is 41.0 Å². The average Bonchev–Trinajstić information content (AvgIpc) is 3.28. The van der Waals surface area contributed by atoms with Gasteiger partial charge in [0, 0.05) is 12.3 Å². The van der Waals surface area contributed by atoms with Crippen LogP contribution in [0.2, 0.25) is 0 Å². The molecule has 18 atom stereocenters. The number of ketones is 1. The van der Waals surface area contributed by atoms with E-state index in [1.165, 1.54) is 0 Å². The van der Waals surface area contributed by atoms with Crippen molar-refractivity contribution in [3.8, 4) is 0 Å². The van der Waals surface area contributed by atoms with E-state index >= 15 is 0 Å². The molecule has 2 saturated heterocycles. The number of ether oxygens (including phenoxy) is 3. The van der Waals surface area contributed by atoms with Crippen molar-refractivity contribution in [2.24, 2.45) is 58.2 Å². The van der Waals surface area contributed by atoms with E-state index in [9.17, 15) is 35.1 Å². The number of Topliss-reactive ketones (excluding diaryl/α,β-unsaturated/α-hetero) is 1. The first-order chi connectivity index (χ1) is 21.2. The Kier molecular flexibility index (Phi) is 9.29. The van der Waals surface area contributed by atoms with Crippen LogP contribution in [0.3, 0.4) is 0 Å². The third-order valence-electron chi connectivity index (χ3n) is 14.3. The first-order valence-corrected chi connectivity index (χ1v) is 17.6.